The largest absolute Gasteiger partial charge is 0.416 e. The van der Waals surface area contributed by atoms with E-state index in [1.54, 1.807) is 24.3 Å². The summed E-state index contributed by atoms with van der Waals surface area (Å²) in [5.74, 6) is 1.04. The fourth-order valence-electron chi connectivity index (χ4n) is 6.17. The standard InChI is InChI=1S/C43H29F3N4O2/c1-42(43(44,45)46,36-24-20-34(21-25-36)40-49-47-38(51-40)32-16-12-30(13-17-32)28-8-4-2-5-9-28)37-26-22-35(23-27-37)41-50-48-39(52-41)33-18-14-31(15-19-33)29-10-6-3-7-11-29/h2-27H,1H3. The van der Waals surface area contributed by atoms with Gasteiger partial charge in [0, 0.05) is 22.3 Å². The molecule has 8 rings (SSSR count). The molecule has 0 N–H and O–H groups in total. The molecule has 0 fully saturated rings. The molecule has 0 aliphatic rings. The zero-order valence-corrected chi connectivity index (χ0v) is 27.8. The van der Waals surface area contributed by atoms with Crippen molar-refractivity contribution in [3.8, 4) is 68.1 Å². The molecule has 254 valence electrons. The van der Waals surface area contributed by atoms with E-state index in [-0.39, 0.29) is 22.9 Å². The van der Waals surface area contributed by atoms with Crippen molar-refractivity contribution in [2.24, 2.45) is 0 Å². The van der Waals surface area contributed by atoms with Gasteiger partial charge < -0.3 is 8.83 Å². The monoisotopic (exact) mass is 690 g/mol. The third-order valence-corrected chi connectivity index (χ3v) is 9.31. The van der Waals surface area contributed by atoms with Gasteiger partial charge in [0.25, 0.3) is 0 Å². The summed E-state index contributed by atoms with van der Waals surface area (Å²) in [5.41, 5.74) is 4.56. The Hall–Kier alpha value is -6.61. The summed E-state index contributed by atoms with van der Waals surface area (Å²) in [7, 11) is 0. The maximum absolute atomic E-state index is 14.9. The summed E-state index contributed by atoms with van der Waals surface area (Å²) in [6.07, 6.45) is -4.61. The number of benzene rings is 6. The van der Waals surface area contributed by atoms with Crippen molar-refractivity contribution >= 4 is 0 Å². The lowest BCUT2D eigenvalue weighted by Gasteiger charge is -2.33. The van der Waals surface area contributed by atoms with Crippen LogP contribution in [0.3, 0.4) is 0 Å². The Balaban J connectivity index is 1.00. The molecular weight excluding hydrogens is 661 g/mol. The highest BCUT2D eigenvalue weighted by molar-refractivity contribution is 5.69. The summed E-state index contributed by atoms with van der Waals surface area (Å²) in [5, 5.41) is 16.7. The van der Waals surface area contributed by atoms with Gasteiger partial charge in [-0.3, -0.25) is 0 Å². The van der Waals surface area contributed by atoms with Crippen LogP contribution in [0, 0.1) is 0 Å². The van der Waals surface area contributed by atoms with Crippen molar-refractivity contribution < 1.29 is 22.0 Å². The van der Waals surface area contributed by atoms with Crippen LogP contribution in [0.25, 0.3) is 68.1 Å². The summed E-state index contributed by atoms with van der Waals surface area (Å²) < 4.78 is 56.5. The van der Waals surface area contributed by atoms with Crippen LogP contribution in [-0.4, -0.2) is 26.6 Å². The first-order chi connectivity index (χ1) is 25.3. The van der Waals surface area contributed by atoms with Gasteiger partial charge in [-0.25, -0.2) is 0 Å². The first-order valence-electron chi connectivity index (χ1n) is 16.5. The number of rotatable bonds is 8. The fourth-order valence-corrected chi connectivity index (χ4v) is 6.17. The molecule has 0 aliphatic carbocycles. The zero-order chi connectivity index (χ0) is 35.7. The lowest BCUT2D eigenvalue weighted by molar-refractivity contribution is -0.173. The first-order valence-corrected chi connectivity index (χ1v) is 16.5. The maximum atomic E-state index is 14.9. The Kier molecular flexibility index (Phi) is 8.31. The van der Waals surface area contributed by atoms with Crippen molar-refractivity contribution in [3.63, 3.8) is 0 Å². The summed E-state index contributed by atoms with van der Waals surface area (Å²) in [4.78, 5) is 0. The Morgan fingerprint density at radius 3 is 0.885 bits per heavy atom. The molecule has 0 unspecified atom stereocenters. The van der Waals surface area contributed by atoms with Gasteiger partial charge >= 0.3 is 6.18 Å². The van der Waals surface area contributed by atoms with E-state index in [0.717, 1.165) is 33.4 Å². The Morgan fingerprint density at radius 2 is 0.596 bits per heavy atom. The molecule has 8 aromatic rings. The molecule has 0 saturated heterocycles. The molecule has 0 amide bonds. The smallest absolute Gasteiger partial charge is 0.402 e. The van der Waals surface area contributed by atoms with Crippen LogP contribution >= 0.6 is 0 Å². The van der Waals surface area contributed by atoms with E-state index >= 15 is 0 Å². The van der Waals surface area contributed by atoms with Crippen LogP contribution in [0.2, 0.25) is 0 Å². The second-order valence-corrected chi connectivity index (χ2v) is 12.5. The maximum Gasteiger partial charge on any atom is 0.402 e. The quantitative estimate of drug-likeness (QED) is 0.158. The molecule has 2 aromatic heterocycles. The molecular formula is C43H29F3N4O2. The predicted octanol–water partition coefficient (Wildman–Crippen LogP) is 11.3. The molecule has 0 aliphatic heterocycles. The molecule has 52 heavy (non-hydrogen) atoms. The minimum absolute atomic E-state index is 0.0618. The van der Waals surface area contributed by atoms with Crippen LogP contribution in [0.1, 0.15) is 18.1 Å². The summed E-state index contributed by atoms with van der Waals surface area (Å²) in [6.45, 7) is 1.17. The number of alkyl halides is 3. The van der Waals surface area contributed by atoms with Crippen molar-refractivity contribution in [3.05, 3.63) is 169 Å². The zero-order valence-electron chi connectivity index (χ0n) is 27.8. The lowest BCUT2D eigenvalue weighted by atomic mass is 9.75. The van der Waals surface area contributed by atoms with E-state index in [2.05, 4.69) is 20.4 Å². The predicted molar refractivity (Wildman–Crippen MR) is 194 cm³/mol. The van der Waals surface area contributed by atoms with Gasteiger partial charge in [-0.1, -0.05) is 109 Å². The number of nitrogens with zero attached hydrogens (tertiary/aromatic N) is 4. The molecule has 2 heterocycles. The van der Waals surface area contributed by atoms with Crippen LogP contribution in [0.4, 0.5) is 13.2 Å². The lowest BCUT2D eigenvalue weighted by Crippen LogP contribution is -2.40. The van der Waals surface area contributed by atoms with Gasteiger partial charge in [-0.05, 0) is 88.8 Å². The average molecular weight is 691 g/mol. The van der Waals surface area contributed by atoms with E-state index < -0.39 is 11.6 Å². The van der Waals surface area contributed by atoms with E-state index in [9.17, 15) is 13.2 Å². The average Bonchev–Trinajstić information content (AvgIpc) is 3.90. The van der Waals surface area contributed by atoms with Crippen LogP contribution in [-0.2, 0) is 5.41 Å². The highest BCUT2D eigenvalue weighted by atomic mass is 19.4. The molecule has 6 aromatic carbocycles. The van der Waals surface area contributed by atoms with Crippen LogP contribution in [0.5, 0.6) is 0 Å². The first kappa shape index (κ1) is 32.6. The molecule has 0 bridgehead atoms. The summed E-state index contributed by atoms with van der Waals surface area (Å²) in [6, 6.07) is 47.5. The molecule has 0 spiro atoms. The highest BCUT2D eigenvalue weighted by Crippen LogP contribution is 2.47. The minimum atomic E-state index is -4.61. The van der Waals surface area contributed by atoms with Gasteiger partial charge in [0.2, 0.25) is 23.6 Å². The normalized spacial score (nSPS) is 11.8. The Labute approximate surface area is 297 Å². The van der Waals surface area contributed by atoms with Crippen molar-refractivity contribution in [1.29, 1.82) is 0 Å². The second-order valence-electron chi connectivity index (χ2n) is 12.5. The van der Waals surface area contributed by atoms with Gasteiger partial charge in [0.05, 0.1) is 0 Å². The van der Waals surface area contributed by atoms with Crippen LogP contribution < -0.4 is 0 Å². The molecule has 0 saturated carbocycles. The fraction of sp³-hybridized carbons (Fsp3) is 0.0698. The Morgan fingerprint density at radius 1 is 0.346 bits per heavy atom. The third-order valence-electron chi connectivity index (χ3n) is 9.31. The van der Waals surface area contributed by atoms with E-state index in [1.165, 1.54) is 31.2 Å². The van der Waals surface area contributed by atoms with Crippen molar-refractivity contribution in [2.75, 3.05) is 0 Å². The number of hydrogen-bond acceptors (Lipinski definition) is 6. The van der Waals surface area contributed by atoms with Crippen molar-refractivity contribution in [2.45, 2.75) is 18.5 Å². The van der Waals surface area contributed by atoms with E-state index in [0.29, 0.717) is 22.9 Å². The van der Waals surface area contributed by atoms with Crippen molar-refractivity contribution in [1.82, 2.24) is 20.4 Å². The van der Waals surface area contributed by atoms with Gasteiger partial charge in [-0.15, -0.1) is 20.4 Å². The molecule has 6 nitrogen and oxygen atoms in total. The number of aromatic nitrogens is 4. The number of halogens is 3. The van der Waals surface area contributed by atoms with E-state index in [1.807, 2.05) is 109 Å². The Bertz CT molecular complexity index is 2260. The topological polar surface area (TPSA) is 77.8 Å². The molecule has 0 radical (unpaired) electrons. The van der Waals surface area contributed by atoms with Gasteiger partial charge in [-0.2, -0.15) is 13.2 Å². The third kappa shape index (κ3) is 6.17. The van der Waals surface area contributed by atoms with Gasteiger partial charge in [0.1, 0.15) is 5.41 Å². The van der Waals surface area contributed by atoms with Gasteiger partial charge in [0.15, 0.2) is 0 Å². The SMILES string of the molecule is CC(c1ccc(-c2nnc(-c3ccc(-c4ccccc4)cc3)o2)cc1)(c1ccc(-c2nnc(-c3ccc(-c4ccccc4)cc3)o2)cc1)C(F)(F)F. The van der Waals surface area contributed by atoms with E-state index in [4.69, 9.17) is 8.83 Å². The second kappa shape index (κ2) is 13.3. The number of hydrogen-bond donors (Lipinski definition) is 0. The molecule has 0 atom stereocenters. The summed E-state index contributed by atoms with van der Waals surface area (Å²) >= 11 is 0. The van der Waals surface area contributed by atoms with Crippen LogP contribution in [0.15, 0.2) is 167 Å². The molecule has 9 heteroatoms. The highest BCUT2D eigenvalue weighted by Gasteiger charge is 2.53. The minimum Gasteiger partial charge on any atom is -0.416 e.